The van der Waals surface area contributed by atoms with Crippen LogP contribution in [0.5, 0.6) is 0 Å². The number of aliphatic hydroxyl groups is 2. The van der Waals surface area contributed by atoms with Crippen LogP contribution in [0.15, 0.2) is 53.6 Å². The van der Waals surface area contributed by atoms with Gasteiger partial charge in [0.2, 0.25) is 0 Å². The van der Waals surface area contributed by atoms with Crippen molar-refractivity contribution < 1.29 is 48.3 Å². The summed E-state index contributed by atoms with van der Waals surface area (Å²) in [6, 6.07) is 8.30. The summed E-state index contributed by atoms with van der Waals surface area (Å²) in [6.07, 6.45) is -5.10. The number of rotatable bonds is 6. The SMILES string of the molecule is C=C1[C@H]2C[C@]3(C(C)(C)O)C[C@H](OC(C)=O)C(C)=C3[C@@H](OC(C)=O)[C@H](OC(=O)c3ccccc3)[C@]2(C)[C@@H](OC(C)=O)C[C@@H]1O. The summed E-state index contributed by atoms with van der Waals surface area (Å²) in [6.45, 7) is 14.8. The molecule has 43 heavy (non-hydrogen) atoms. The van der Waals surface area contributed by atoms with Crippen LogP contribution in [-0.4, -0.2) is 70.2 Å². The van der Waals surface area contributed by atoms with E-state index in [2.05, 4.69) is 6.58 Å². The van der Waals surface area contributed by atoms with Gasteiger partial charge in [0.1, 0.15) is 12.2 Å². The molecule has 0 spiro atoms. The van der Waals surface area contributed by atoms with Crippen molar-refractivity contribution in [2.45, 2.75) is 104 Å². The van der Waals surface area contributed by atoms with Gasteiger partial charge in [-0.2, -0.15) is 0 Å². The number of fused-ring (bicyclic) bond motifs is 2. The number of hydrogen-bond donors (Lipinski definition) is 2. The third-order valence-electron chi connectivity index (χ3n) is 9.76. The van der Waals surface area contributed by atoms with Crippen molar-refractivity contribution in [1.82, 2.24) is 0 Å². The van der Waals surface area contributed by atoms with Crippen LogP contribution in [0.2, 0.25) is 0 Å². The first-order chi connectivity index (χ1) is 19.9. The van der Waals surface area contributed by atoms with E-state index in [1.54, 1.807) is 58.0 Å². The Bertz CT molecular complexity index is 1340. The minimum absolute atomic E-state index is 0.0266. The summed E-state index contributed by atoms with van der Waals surface area (Å²) in [5, 5.41) is 23.1. The molecule has 10 nitrogen and oxygen atoms in total. The Kier molecular flexibility index (Phi) is 8.70. The molecule has 3 aliphatic carbocycles. The van der Waals surface area contributed by atoms with Gasteiger partial charge in [0, 0.05) is 39.0 Å². The minimum Gasteiger partial charge on any atom is -0.462 e. The Morgan fingerprint density at radius 3 is 2.05 bits per heavy atom. The molecule has 2 fully saturated rings. The smallest absolute Gasteiger partial charge is 0.338 e. The van der Waals surface area contributed by atoms with Crippen LogP contribution in [0.4, 0.5) is 0 Å². The quantitative estimate of drug-likeness (QED) is 0.281. The molecule has 0 amide bonds. The van der Waals surface area contributed by atoms with Crippen molar-refractivity contribution in [2.24, 2.45) is 16.7 Å². The van der Waals surface area contributed by atoms with Gasteiger partial charge in [0.25, 0.3) is 0 Å². The van der Waals surface area contributed by atoms with Crippen LogP contribution in [0.1, 0.15) is 78.1 Å². The number of benzene rings is 1. The molecule has 8 atom stereocenters. The second-order valence-electron chi connectivity index (χ2n) is 12.8. The fraction of sp³-hybridized carbons (Fsp3) is 0.576. The molecule has 0 bridgehead atoms. The first-order valence-corrected chi connectivity index (χ1v) is 14.5. The Balaban J connectivity index is 2.07. The minimum atomic E-state index is -1.49. The Hall–Kier alpha value is -3.50. The lowest BCUT2D eigenvalue weighted by Gasteiger charge is -2.53. The van der Waals surface area contributed by atoms with Gasteiger partial charge in [-0.25, -0.2) is 4.79 Å². The highest BCUT2D eigenvalue weighted by molar-refractivity contribution is 5.89. The van der Waals surface area contributed by atoms with Crippen molar-refractivity contribution in [2.75, 3.05) is 0 Å². The fourth-order valence-electron chi connectivity index (χ4n) is 7.62. The molecule has 3 aliphatic rings. The summed E-state index contributed by atoms with van der Waals surface area (Å²) in [7, 11) is 0. The normalized spacial score (nSPS) is 33.9. The van der Waals surface area contributed by atoms with Gasteiger partial charge in [-0.15, -0.1) is 0 Å². The summed E-state index contributed by atoms with van der Waals surface area (Å²) >= 11 is 0. The second kappa shape index (κ2) is 11.5. The maximum atomic E-state index is 13.7. The van der Waals surface area contributed by atoms with Crippen molar-refractivity contribution in [1.29, 1.82) is 0 Å². The lowest BCUT2D eigenvalue weighted by atomic mass is 9.56. The van der Waals surface area contributed by atoms with Gasteiger partial charge in [-0.1, -0.05) is 31.7 Å². The molecule has 0 unspecified atom stereocenters. The standard InChI is InChI=1S/C33H42O10/c1-17-23-15-33(31(6,7)39)16-25(40-19(3)34)18(2)27(33)28(42-21(5)36)29(43-30(38)22-12-10-9-11-13-22)32(23,8)26(14-24(17)37)41-20(4)35/h9-13,23-26,28-29,37,39H,1,14-16H2,2-8H3/t23-,24+,25+,26+,28-,29+,32+,33+/m1/s1. The molecule has 2 saturated carbocycles. The second-order valence-corrected chi connectivity index (χ2v) is 12.8. The molecule has 0 aliphatic heterocycles. The number of aliphatic hydroxyl groups excluding tert-OH is 1. The van der Waals surface area contributed by atoms with Crippen LogP contribution in [-0.2, 0) is 33.3 Å². The van der Waals surface area contributed by atoms with Gasteiger partial charge in [0.05, 0.1) is 22.7 Å². The van der Waals surface area contributed by atoms with Gasteiger partial charge < -0.3 is 29.2 Å². The zero-order chi connectivity index (χ0) is 32.1. The topological polar surface area (TPSA) is 146 Å². The van der Waals surface area contributed by atoms with Crippen LogP contribution >= 0.6 is 0 Å². The number of carbonyl (C=O) groups is 4. The highest BCUT2D eigenvalue weighted by Gasteiger charge is 2.69. The van der Waals surface area contributed by atoms with E-state index in [0.29, 0.717) is 16.7 Å². The molecule has 0 radical (unpaired) electrons. The molecule has 10 heteroatoms. The highest BCUT2D eigenvalue weighted by atomic mass is 16.6. The average molecular weight is 599 g/mol. The predicted molar refractivity (Wildman–Crippen MR) is 154 cm³/mol. The van der Waals surface area contributed by atoms with E-state index in [4.69, 9.17) is 18.9 Å². The van der Waals surface area contributed by atoms with Crippen molar-refractivity contribution >= 4 is 23.9 Å². The maximum absolute atomic E-state index is 13.7. The molecule has 0 heterocycles. The molecular weight excluding hydrogens is 556 g/mol. The summed E-state index contributed by atoms with van der Waals surface area (Å²) < 4.78 is 23.9. The van der Waals surface area contributed by atoms with E-state index < -0.39 is 76.7 Å². The van der Waals surface area contributed by atoms with Crippen LogP contribution in [0, 0.1) is 16.7 Å². The van der Waals surface area contributed by atoms with Crippen LogP contribution in [0.25, 0.3) is 0 Å². The van der Waals surface area contributed by atoms with E-state index in [0.717, 1.165) is 0 Å². The summed E-state index contributed by atoms with van der Waals surface area (Å²) in [5.41, 5.74) is -2.29. The summed E-state index contributed by atoms with van der Waals surface area (Å²) in [4.78, 5) is 51.1. The fourth-order valence-corrected chi connectivity index (χ4v) is 7.62. The zero-order valence-corrected chi connectivity index (χ0v) is 25.8. The van der Waals surface area contributed by atoms with E-state index in [1.807, 2.05) is 0 Å². The largest absolute Gasteiger partial charge is 0.462 e. The van der Waals surface area contributed by atoms with Gasteiger partial charge in [-0.05, 0) is 62.0 Å². The van der Waals surface area contributed by atoms with Crippen molar-refractivity contribution in [3.63, 3.8) is 0 Å². The third-order valence-corrected chi connectivity index (χ3v) is 9.76. The number of hydrogen-bond acceptors (Lipinski definition) is 10. The Morgan fingerprint density at radius 2 is 1.51 bits per heavy atom. The molecular formula is C33H42O10. The molecule has 2 N–H and O–H groups in total. The number of ether oxygens (including phenoxy) is 4. The van der Waals surface area contributed by atoms with Gasteiger partial charge in [-0.3, -0.25) is 14.4 Å². The third kappa shape index (κ3) is 5.62. The molecule has 1 aromatic carbocycles. The number of esters is 4. The number of carbonyl (C=O) groups excluding carboxylic acids is 4. The van der Waals surface area contributed by atoms with Crippen molar-refractivity contribution in [3.8, 4) is 0 Å². The molecule has 1 aromatic rings. The highest BCUT2D eigenvalue weighted by Crippen LogP contribution is 2.65. The summed E-state index contributed by atoms with van der Waals surface area (Å²) in [5.74, 6) is -3.22. The first-order valence-electron chi connectivity index (χ1n) is 14.5. The average Bonchev–Trinajstić information content (AvgIpc) is 3.13. The Morgan fingerprint density at radius 1 is 0.930 bits per heavy atom. The molecule has 234 valence electrons. The monoisotopic (exact) mass is 598 g/mol. The van der Waals surface area contributed by atoms with Crippen LogP contribution in [0.3, 0.4) is 0 Å². The molecule has 0 aromatic heterocycles. The lowest BCUT2D eigenvalue weighted by molar-refractivity contribution is -0.188. The molecule has 0 saturated heterocycles. The first kappa shape index (κ1) is 32.4. The predicted octanol–water partition coefficient (Wildman–Crippen LogP) is 3.83. The van der Waals surface area contributed by atoms with E-state index in [1.165, 1.54) is 20.8 Å². The van der Waals surface area contributed by atoms with E-state index in [9.17, 15) is 29.4 Å². The zero-order valence-electron chi connectivity index (χ0n) is 25.8. The molecule has 4 rings (SSSR count). The van der Waals surface area contributed by atoms with E-state index >= 15 is 0 Å². The van der Waals surface area contributed by atoms with Gasteiger partial charge in [0.15, 0.2) is 12.2 Å². The van der Waals surface area contributed by atoms with Crippen LogP contribution < -0.4 is 0 Å². The Labute approximate surface area is 252 Å². The van der Waals surface area contributed by atoms with Crippen molar-refractivity contribution in [3.05, 3.63) is 59.2 Å². The van der Waals surface area contributed by atoms with E-state index in [-0.39, 0.29) is 24.8 Å². The lowest BCUT2D eigenvalue weighted by Crippen LogP contribution is -2.60. The van der Waals surface area contributed by atoms with Gasteiger partial charge >= 0.3 is 23.9 Å². The maximum Gasteiger partial charge on any atom is 0.338 e.